The zero-order valence-corrected chi connectivity index (χ0v) is 15.1. The monoisotopic (exact) mass is 356 g/mol. The number of pyridine rings is 2. The zero-order chi connectivity index (χ0) is 18.5. The predicted octanol–water partition coefficient (Wildman–Crippen LogP) is 6.71. The number of benzene rings is 4. The molecule has 2 heteroatoms. The Morgan fingerprint density at radius 2 is 0.929 bits per heavy atom. The van der Waals surface area contributed by atoms with Crippen LogP contribution in [-0.4, -0.2) is 9.97 Å². The summed E-state index contributed by atoms with van der Waals surface area (Å²) < 4.78 is 0. The second-order valence-corrected chi connectivity index (χ2v) is 7.13. The van der Waals surface area contributed by atoms with Crippen LogP contribution in [0.3, 0.4) is 0 Å². The van der Waals surface area contributed by atoms with Gasteiger partial charge in [0.2, 0.25) is 0 Å². The van der Waals surface area contributed by atoms with E-state index in [1.54, 1.807) is 0 Å². The lowest BCUT2D eigenvalue weighted by Crippen LogP contribution is -1.89. The zero-order valence-electron chi connectivity index (χ0n) is 15.1. The summed E-state index contributed by atoms with van der Waals surface area (Å²) in [6, 6.07) is 26.1. The third-order valence-corrected chi connectivity index (χ3v) is 5.61. The molecule has 0 atom stereocenters. The van der Waals surface area contributed by atoms with E-state index in [-0.39, 0.29) is 0 Å². The smallest absolute Gasteiger partial charge is 0.0346 e. The minimum atomic E-state index is 1.15. The van der Waals surface area contributed by atoms with Crippen LogP contribution in [0.4, 0.5) is 0 Å². The van der Waals surface area contributed by atoms with Crippen molar-refractivity contribution in [2.45, 2.75) is 0 Å². The normalized spacial score (nSPS) is 11.6. The molecule has 2 nitrogen and oxygen atoms in total. The molecule has 6 rings (SSSR count). The van der Waals surface area contributed by atoms with Gasteiger partial charge in [-0.2, -0.15) is 0 Å². The molecule has 0 amide bonds. The van der Waals surface area contributed by atoms with E-state index < -0.39 is 0 Å². The quantitative estimate of drug-likeness (QED) is 0.322. The summed E-state index contributed by atoms with van der Waals surface area (Å²) >= 11 is 0. The minimum absolute atomic E-state index is 1.15. The van der Waals surface area contributed by atoms with Crippen LogP contribution in [0.25, 0.3) is 54.6 Å². The van der Waals surface area contributed by atoms with E-state index in [1.807, 2.05) is 36.9 Å². The van der Waals surface area contributed by atoms with Crippen molar-refractivity contribution in [1.29, 1.82) is 0 Å². The number of rotatable bonds is 2. The first-order valence-corrected chi connectivity index (χ1v) is 9.41. The molecular weight excluding hydrogens is 340 g/mol. The molecule has 0 aliphatic heterocycles. The topological polar surface area (TPSA) is 25.8 Å². The summed E-state index contributed by atoms with van der Waals surface area (Å²) in [6.45, 7) is 0. The van der Waals surface area contributed by atoms with Crippen LogP contribution in [0.1, 0.15) is 0 Å². The first kappa shape index (κ1) is 15.3. The Morgan fingerprint density at radius 1 is 0.464 bits per heavy atom. The molecule has 0 aliphatic carbocycles. The summed E-state index contributed by atoms with van der Waals surface area (Å²) in [5.41, 5.74) is 4.74. The van der Waals surface area contributed by atoms with Gasteiger partial charge in [-0.3, -0.25) is 9.97 Å². The van der Waals surface area contributed by atoms with E-state index >= 15 is 0 Å². The van der Waals surface area contributed by atoms with Crippen molar-refractivity contribution in [2.75, 3.05) is 0 Å². The highest BCUT2D eigenvalue weighted by molar-refractivity contribution is 6.27. The second-order valence-electron chi connectivity index (χ2n) is 7.13. The van der Waals surface area contributed by atoms with Gasteiger partial charge in [0.15, 0.2) is 0 Å². The first-order valence-electron chi connectivity index (χ1n) is 9.41. The molecule has 0 saturated carbocycles. The summed E-state index contributed by atoms with van der Waals surface area (Å²) in [5, 5.41) is 7.72. The van der Waals surface area contributed by atoms with E-state index in [2.05, 4.69) is 70.6 Å². The molecule has 130 valence electrons. The molecule has 28 heavy (non-hydrogen) atoms. The largest absolute Gasteiger partial charge is 0.264 e. The average molecular weight is 356 g/mol. The van der Waals surface area contributed by atoms with Crippen LogP contribution in [-0.2, 0) is 0 Å². The minimum Gasteiger partial charge on any atom is -0.264 e. The lowest BCUT2D eigenvalue weighted by Gasteiger charge is -2.16. The maximum absolute atomic E-state index is 4.32. The summed E-state index contributed by atoms with van der Waals surface area (Å²) in [7, 11) is 0. The van der Waals surface area contributed by atoms with Gasteiger partial charge in [-0.05, 0) is 55.6 Å². The van der Waals surface area contributed by atoms with Gasteiger partial charge >= 0.3 is 0 Å². The van der Waals surface area contributed by atoms with Gasteiger partial charge in [-0.15, -0.1) is 0 Å². The lowest BCUT2D eigenvalue weighted by atomic mass is 9.88. The van der Waals surface area contributed by atoms with Crippen molar-refractivity contribution in [1.82, 2.24) is 9.97 Å². The highest BCUT2D eigenvalue weighted by Crippen LogP contribution is 2.41. The van der Waals surface area contributed by atoms with Crippen LogP contribution in [0.15, 0.2) is 97.6 Å². The van der Waals surface area contributed by atoms with Crippen molar-refractivity contribution in [3.8, 4) is 22.3 Å². The SMILES string of the molecule is c1cncc(-c2ccc3ccc4c(-c5cccnc5)ccc5ccc2c3c54)c1. The van der Waals surface area contributed by atoms with Gasteiger partial charge in [0.05, 0.1) is 0 Å². The van der Waals surface area contributed by atoms with Crippen molar-refractivity contribution in [3.05, 3.63) is 97.6 Å². The van der Waals surface area contributed by atoms with Crippen molar-refractivity contribution in [3.63, 3.8) is 0 Å². The Hall–Kier alpha value is -3.78. The fourth-order valence-corrected chi connectivity index (χ4v) is 4.35. The van der Waals surface area contributed by atoms with Crippen LogP contribution in [0.2, 0.25) is 0 Å². The number of hydrogen-bond acceptors (Lipinski definition) is 2. The molecule has 0 fully saturated rings. The van der Waals surface area contributed by atoms with E-state index in [1.165, 1.54) is 43.4 Å². The number of nitrogens with zero attached hydrogens (tertiary/aromatic N) is 2. The molecule has 0 aliphatic rings. The number of hydrogen-bond donors (Lipinski definition) is 0. The highest BCUT2D eigenvalue weighted by Gasteiger charge is 2.14. The fourth-order valence-electron chi connectivity index (χ4n) is 4.35. The molecule has 0 unspecified atom stereocenters. The van der Waals surface area contributed by atoms with Gasteiger partial charge < -0.3 is 0 Å². The Balaban J connectivity index is 1.76. The molecule has 0 spiro atoms. The third-order valence-electron chi connectivity index (χ3n) is 5.61. The molecule has 0 saturated heterocycles. The summed E-state index contributed by atoms with van der Waals surface area (Å²) in [6.07, 6.45) is 7.51. The van der Waals surface area contributed by atoms with Gasteiger partial charge in [-0.25, -0.2) is 0 Å². The maximum atomic E-state index is 4.32. The Morgan fingerprint density at radius 3 is 1.36 bits per heavy atom. The molecular formula is C26H16N2. The van der Waals surface area contributed by atoms with Crippen LogP contribution >= 0.6 is 0 Å². The predicted molar refractivity (Wildman–Crippen MR) is 117 cm³/mol. The van der Waals surface area contributed by atoms with Crippen LogP contribution in [0.5, 0.6) is 0 Å². The van der Waals surface area contributed by atoms with Crippen molar-refractivity contribution >= 4 is 32.3 Å². The molecule has 0 bridgehead atoms. The maximum Gasteiger partial charge on any atom is 0.0346 e. The average Bonchev–Trinajstić information content (AvgIpc) is 2.78. The van der Waals surface area contributed by atoms with E-state index in [0.717, 1.165) is 11.1 Å². The fraction of sp³-hybridized carbons (Fsp3) is 0. The van der Waals surface area contributed by atoms with E-state index in [4.69, 9.17) is 0 Å². The van der Waals surface area contributed by atoms with Crippen molar-refractivity contribution < 1.29 is 0 Å². The van der Waals surface area contributed by atoms with E-state index in [9.17, 15) is 0 Å². The van der Waals surface area contributed by atoms with E-state index in [0.29, 0.717) is 0 Å². The second kappa shape index (κ2) is 5.86. The van der Waals surface area contributed by atoms with Gasteiger partial charge in [0, 0.05) is 35.9 Å². The van der Waals surface area contributed by atoms with Crippen LogP contribution in [0, 0.1) is 0 Å². The Labute approximate surface area is 162 Å². The Kier molecular flexibility index (Phi) is 3.20. The number of aromatic nitrogens is 2. The summed E-state index contributed by atoms with van der Waals surface area (Å²) in [4.78, 5) is 8.63. The third kappa shape index (κ3) is 2.15. The molecule has 6 aromatic rings. The highest BCUT2D eigenvalue weighted by atomic mass is 14.6. The van der Waals surface area contributed by atoms with Gasteiger partial charge in [0.25, 0.3) is 0 Å². The lowest BCUT2D eigenvalue weighted by molar-refractivity contribution is 1.33. The van der Waals surface area contributed by atoms with Crippen LogP contribution < -0.4 is 0 Å². The standard InChI is InChI=1S/C26H16N2/c1-3-19(15-27-13-1)21-9-5-17-8-12-24-22(20-4-2-14-28-16-20)10-6-18-7-11-23(21)25(17)26(18)24/h1-16H. The molecule has 2 heterocycles. The molecule has 0 radical (unpaired) electrons. The summed E-state index contributed by atoms with van der Waals surface area (Å²) in [5.74, 6) is 0. The molecule has 0 N–H and O–H groups in total. The van der Waals surface area contributed by atoms with Crippen molar-refractivity contribution in [2.24, 2.45) is 0 Å². The first-order chi connectivity index (χ1) is 13.9. The molecule has 2 aromatic heterocycles. The van der Waals surface area contributed by atoms with Gasteiger partial charge in [0.1, 0.15) is 0 Å². The molecule has 4 aromatic carbocycles. The van der Waals surface area contributed by atoms with Gasteiger partial charge in [-0.1, -0.05) is 60.7 Å². The Bertz CT molecular complexity index is 1320.